The zero-order valence-electron chi connectivity index (χ0n) is 15.1. The van der Waals surface area contributed by atoms with Crippen LogP contribution in [-0.4, -0.2) is 45.2 Å². The Morgan fingerprint density at radius 1 is 1.41 bits per heavy atom. The number of rotatable bonds is 3. The van der Waals surface area contributed by atoms with E-state index in [-0.39, 0.29) is 17.8 Å². The zero-order valence-corrected chi connectivity index (χ0v) is 16.0. The number of carbonyl (C=O) groups is 1. The zero-order chi connectivity index (χ0) is 19.0. The summed E-state index contributed by atoms with van der Waals surface area (Å²) < 4.78 is 15.4. The summed E-state index contributed by atoms with van der Waals surface area (Å²) in [5, 5.41) is 8.25. The lowest BCUT2D eigenvalue weighted by Crippen LogP contribution is -2.48. The van der Waals surface area contributed by atoms with Gasteiger partial charge in [0.05, 0.1) is 17.9 Å². The Morgan fingerprint density at radius 3 is 3.00 bits per heavy atom. The van der Waals surface area contributed by atoms with Crippen molar-refractivity contribution < 1.29 is 9.18 Å². The molecule has 2 aromatic heterocycles. The average Bonchev–Trinajstić information content (AvgIpc) is 3.27. The van der Waals surface area contributed by atoms with Gasteiger partial charge in [-0.15, -0.1) is 11.3 Å². The molecule has 0 bridgehead atoms. The van der Waals surface area contributed by atoms with Gasteiger partial charge in [0.15, 0.2) is 0 Å². The molecule has 1 aromatic carbocycles. The molecular formula is C19H20FN5OS. The van der Waals surface area contributed by atoms with Gasteiger partial charge in [0.25, 0.3) is 5.91 Å². The molecule has 1 fully saturated rings. The highest BCUT2D eigenvalue weighted by molar-refractivity contribution is 7.17. The van der Waals surface area contributed by atoms with E-state index in [4.69, 9.17) is 0 Å². The van der Waals surface area contributed by atoms with Gasteiger partial charge in [0.2, 0.25) is 0 Å². The van der Waals surface area contributed by atoms with Gasteiger partial charge >= 0.3 is 0 Å². The molecule has 1 aliphatic rings. The number of carbonyl (C=O) groups excluding carboxylic acids is 1. The number of benzene rings is 1. The third kappa shape index (κ3) is 3.50. The monoisotopic (exact) mass is 385 g/mol. The Balaban J connectivity index is 1.65. The Bertz CT molecular complexity index is 982. The van der Waals surface area contributed by atoms with Crippen LogP contribution < -0.4 is 5.32 Å². The largest absolute Gasteiger partial charge is 0.328 e. The normalized spacial score (nSPS) is 17.3. The smallest absolute Gasteiger partial charge is 0.266 e. The van der Waals surface area contributed by atoms with Gasteiger partial charge < -0.3 is 10.2 Å². The van der Waals surface area contributed by atoms with Crippen molar-refractivity contribution in [2.75, 3.05) is 19.6 Å². The molecule has 0 spiro atoms. The fourth-order valence-corrected chi connectivity index (χ4v) is 4.34. The number of amides is 1. The van der Waals surface area contributed by atoms with Crippen molar-refractivity contribution in [1.82, 2.24) is 25.0 Å². The van der Waals surface area contributed by atoms with Crippen molar-refractivity contribution in [2.24, 2.45) is 7.05 Å². The Hall–Kier alpha value is -2.58. The maximum atomic E-state index is 13.7. The molecule has 1 unspecified atom stereocenters. The van der Waals surface area contributed by atoms with Crippen molar-refractivity contribution in [3.63, 3.8) is 0 Å². The summed E-state index contributed by atoms with van der Waals surface area (Å²) in [4.78, 5) is 20.3. The molecule has 140 valence electrons. The van der Waals surface area contributed by atoms with Crippen LogP contribution in [-0.2, 0) is 7.05 Å². The second kappa shape index (κ2) is 7.21. The van der Waals surface area contributed by atoms with Gasteiger partial charge in [0, 0.05) is 38.4 Å². The quantitative estimate of drug-likeness (QED) is 0.753. The molecule has 0 radical (unpaired) electrons. The van der Waals surface area contributed by atoms with E-state index in [1.807, 2.05) is 31.1 Å². The number of aromatic nitrogens is 3. The number of nitrogens with one attached hydrogen (secondary N) is 1. The molecule has 1 N–H and O–H groups in total. The highest BCUT2D eigenvalue weighted by Gasteiger charge is 2.31. The number of thiazole rings is 1. The van der Waals surface area contributed by atoms with E-state index in [9.17, 15) is 9.18 Å². The molecule has 1 saturated heterocycles. The van der Waals surface area contributed by atoms with Gasteiger partial charge in [0.1, 0.15) is 15.7 Å². The van der Waals surface area contributed by atoms with Crippen LogP contribution in [0.15, 0.2) is 36.7 Å². The van der Waals surface area contributed by atoms with Crippen molar-refractivity contribution in [3.05, 3.63) is 58.6 Å². The second-order valence-electron chi connectivity index (χ2n) is 6.61. The Morgan fingerprint density at radius 2 is 2.26 bits per heavy atom. The van der Waals surface area contributed by atoms with Crippen LogP contribution in [0.1, 0.15) is 27.0 Å². The third-order valence-corrected chi connectivity index (χ3v) is 5.87. The van der Waals surface area contributed by atoms with E-state index in [1.54, 1.807) is 16.9 Å². The first-order valence-corrected chi connectivity index (χ1v) is 9.58. The van der Waals surface area contributed by atoms with Gasteiger partial charge in [-0.2, -0.15) is 5.10 Å². The summed E-state index contributed by atoms with van der Waals surface area (Å²) in [6.07, 6.45) is 3.62. The molecule has 3 aromatic rings. The molecule has 0 aliphatic carbocycles. The summed E-state index contributed by atoms with van der Waals surface area (Å²) >= 11 is 1.38. The van der Waals surface area contributed by atoms with Gasteiger partial charge in [-0.25, -0.2) is 9.37 Å². The molecule has 1 aliphatic heterocycles. The van der Waals surface area contributed by atoms with Crippen LogP contribution in [0.5, 0.6) is 0 Å². The summed E-state index contributed by atoms with van der Waals surface area (Å²) in [5.41, 5.74) is 2.40. The third-order valence-electron chi connectivity index (χ3n) is 4.68. The predicted molar refractivity (Wildman–Crippen MR) is 102 cm³/mol. The van der Waals surface area contributed by atoms with Crippen LogP contribution in [0.4, 0.5) is 4.39 Å². The van der Waals surface area contributed by atoms with E-state index in [0.717, 1.165) is 16.1 Å². The molecular weight excluding hydrogens is 365 g/mol. The van der Waals surface area contributed by atoms with Crippen molar-refractivity contribution >= 4 is 17.2 Å². The Kier molecular flexibility index (Phi) is 4.75. The lowest BCUT2D eigenvalue weighted by molar-refractivity contribution is 0.0638. The Labute approximate surface area is 160 Å². The molecule has 8 heteroatoms. The lowest BCUT2D eigenvalue weighted by atomic mass is 10.0. The molecule has 4 rings (SSSR count). The van der Waals surface area contributed by atoms with Crippen LogP contribution in [0.2, 0.25) is 0 Å². The number of nitrogens with zero attached hydrogens (tertiary/aromatic N) is 4. The molecule has 6 nitrogen and oxygen atoms in total. The van der Waals surface area contributed by atoms with E-state index in [1.165, 1.54) is 23.5 Å². The fraction of sp³-hybridized carbons (Fsp3) is 0.316. The van der Waals surface area contributed by atoms with Crippen LogP contribution in [0.25, 0.3) is 10.6 Å². The fourth-order valence-electron chi connectivity index (χ4n) is 3.34. The second-order valence-corrected chi connectivity index (χ2v) is 7.61. The molecule has 1 atom stereocenters. The summed E-state index contributed by atoms with van der Waals surface area (Å²) in [5.74, 6) is -0.353. The topological polar surface area (TPSA) is 63.1 Å². The first kappa shape index (κ1) is 17.8. The van der Waals surface area contributed by atoms with Crippen molar-refractivity contribution in [2.45, 2.75) is 13.0 Å². The number of halogens is 1. The number of hydrogen-bond donors (Lipinski definition) is 1. The summed E-state index contributed by atoms with van der Waals surface area (Å²) in [6, 6.07) is 6.25. The van der Waals surface area contributed by atoms with Crippen molar-refractivity contribution in [3.8, 4) is 10.6 Å². The highest BCUT2D eigenvalue weighted by atomic mass is 32.1. The SMILES string of the molecule is Cc1nc(-c2cnn(C)c2)sc1C(=O)N1CCNCC1c1cccc(F)c1. The number of piperazine rings is 1. The summed E-state index contributed by atoms with van der Waals surface area (Å²) in [6.45, 7) is 3.73. The van der Waals surface area contributed by atoms with E-state index >= 15 is 0 Å². The minimum absolute atomic E-state index is 0.0594. The highest BCUT2D eigenvalue weighted by Crippen LogP contribution is 2.31. The van der Waals surface area contributed by atoms with Crippen LogP contribution in [0.3, 0.4) is 0 Å². The molecule has 27 heavy (non-hydrogen) atoms. The maximum Gasteiger partial charge on any atom is 0.266 e. The molecule has 1 amide bonds. The van der Waals surface area contributed by atoms with E-state index < -0.39 is 0 Å². The number of aryl methyl sites for hydroxylation is 2. The summed E-state index contributed by atoms with van der Waals surface area (Å²) in [7, 11) is 1.85. The molecule has 0 saturated carbocycles. The average molecular weight is 385 g/mol. The maximum absolute atomic E-state index is 13.7. The first-order chi connectivity index (χ1) is 13.0. The molecule has 3 heterocycles. The minimum Gasteiger partial charge on any atom is -0.328 e. The van der Waals surface area contributed by atoms with Gasteiger partial charge in [-0.05, 0) is 24.6 Å². The van der Waals surface area contributed by atoms with Crippen molar-refractivity contribution in [1.29, 1.82) is 0 Å². The van der Waals surface area contributed by atoms with Crippen LogP contribution >= 0.6 is 11.3 Å². The standard InChI is InChI=1S/C19H20FN5OS/c1-12-17(27-18(23-12)14-9-22-24(2)11-14)19(26)25-7-6-21-10-16(25)13-4-3-5-15(20)8-13/h3-5,8-9,11,16,21H,6-7,10H2,1-2H3. The van der Waals surface area contributed by atoms with Gasteiger partial charge in [-0.3, -0.25) is 9.48 Å². The predicted octanol–water partition coefficient (Wildman–Crippen LogP) is 2.78. The van der Waals surface area contributed by atoms with E-state index in [2.05, 4.69) is 15.4 Å². The lowest BCUT2D eigenvalue weighted by Gasteiger charge is -2.36. The first-order valence-electron chi connectivity index (χ1n) is 8.76. The van der Waals surface area contributed by atoms with Crippen LogP contribution in [0, 0.1) is 12.7 Å². The van der Waals surface area contributed by atoms with E-state index in [0.29, 0.717) is 30.2 Å². The van der Waals surface area contributed by atoms with Gasteiger partial charge in [-0.1, -0.05) is 12.1 Å². The number of hydrogen-bond acceptors (Lipinski definition) is 5. The minimum atomic E-state index is -0.293.